The van der Waals surface area contributed by atoms with Crippen LogP contribution in [-0.2, 0) is 0 Å². The molecule has 114 valence electrons. The number of thioether (sulfide) groups is 1. The molecule has 2 N–H and O–H groups in total. The molecule has 0 saturated heterocycles. The van der Waals surface area contributed by atoms with E-state index in [1.807, 2.05) is 26.2 Å². The van der Waals surface area contributed by atoms with Crippen molar-refractivity contribution in [3.05, 3.63) is 29.0 Å². The fourth-order valence-electron chi connectivity index (χ4n) is 1.92. The zero-order chi connectivity index (χ0) is 15.4. The van der Waals surface area contributed by atoms with E-state index in [-0.39, 0.29) is 23.8 Å². The van der Waals surface area contributed by atoms with Crippen LogP contribution in [0.4, 0.5) is 0 Å². The monoisotopic (exact) mass is 326 g/mol. The number of hydrogen-bond acceptors (Lipinski definition) is 6. The molecule has 2 heterocycles. The lowest BCUT2D eigenvalue weighted by Crippen LogP contribution is -2.41. The molecule has 0 aliphatic rings. The average Bonchev–Trinajstić information content (AvgIpc) is 3.08. The highest BCUT2D eigenvalue weighted by atomic mass is 32.2. The van der Waals surface area contributed by atoms with E-state index in [0.29, 0.717) is 16.5 Å². The van der Waals surface area contributed by atoms with E-state index < -0.39 is 0 Å². The molecule has 5 nitrogen and oxygen atoms in total. The van der Waals surface area contributed by atoms with Gasteiger partial charge in [-0.3, -0.25) is 4.79 Å². The van der Waals surface area contributed by atoms with Crippen LogP contribution in [0.2, 0.25) is 0 Å². The molecule has 21 heavy (non-hydrogen) atoms. The summed E-state index contributed by atoms with van der Waals surface area (Å²) < 4.78 is 5.30. The van der Waals surface area contributed by atoms with Gasteiger partial charge in [-0.1, -0.05) is 0 Å². The molecule has 0 aliphatic heterocycles. The predicted molar refractivity (Wildman–Crippen MR) is 85.9 cm³/mol. The summed E-state index contributed by atoms with van der Waals surface area (Å²) in [5, 5.41) is 12.8. The maximum atomic E-state index is 12.3. The number of nitrogens with one attached hydrogen (secondary N) is 1. The van der Waals surface area contributed by atoms with Gasteiger partial charge in [0.1, 0.15) is 5.69 Å². The van der Waals surface area contributed by atoms with Crippen molar-refractivity contribution in [2.45, 2.75) is 25.1 Å². The van der Waals surface area contributed by atoms with Crippen LogP contribution in [0.5, 0.6) is 0 Å². The molecule has 0 saturated carbocycles. The first kappa shape index (κ1) is 16.1. The second kappa shape index (κ2) is 7.11. The largest absolute Gasteiger partial charge is 0.462 e. The minimum absolute atomic E-state index is 0.0241. The molecule has 0 fully saturated rings. The number of carbonyl (C=O) groups excluding carboxylic acids is 1. The molecule has 0 aliphatic carbocycles. The highest BCUT2D eigenvalue weighted by molar-refractivity contribution is 7.99. The molecule has 2 atom stereocenters. The van der Waals surface area contributed by atoms with Crippen LogP contribution in [0.3, 0.4) is 0 Å². The number of hydrogen-bond donors (Lipinski definition) is 2. The van der Waals surface area contributed by atoms with Gasteiger partial charge in [-0.15, -0.1) is 11.3 Å². The molecular weight excluding hydrogens is 308 g/mol. The van der Waals surface area contributed by atoms with Crippen LogP contribution < -0.4 is 5.32 Å². The van der Waals surface area contributed by atoms with E-state index in [1.54, 1.807) is 12.3 Å². The van der Waals surface area contributed by atoms with E-state index in [4.69, 9.17) is 4.42 Å². The van der Waals surface area contributed by atoms with Gasteiger partial charge in [0.2, 0.25) is 0 Å². The third-order valence-corrected chi connectivity index (χ3v) is 5.29. The summed E-state index contributed by atoms with van der Waals surface area (Å²) in [5.41, 5.74) is 0.413. The summed E-state index contributed by atoms with van der Waals surface area (Å²) in [6.07, 6.45) is 3.49. The smallest absolute Gasteiger partial charge is 0.271 e. The zero-order valence-corrected chi connectivity index (χ0v) is 13.8. The molecule has 2 unspecified atom stereocenters. The number of aromatic nitrogens is 1. The molecule has 2 aromatic rings. The number of thiazole rings is 1. The van der Waals surface area contributed by atoms with E-state index >= 15 is 0 Å². The van der Waals surface area contributed by atoms with Gasteiger partial charge in [-0.25, -0.2) is 4.98 Å². The van der Waals surface area contributed by atoms with Crippen molar-refractivity contribution in [1.82, 2.24) is 10.3 Å². The van der Waals surface area contributed by atoms with Crippen molar-refractivity contribution < 1.29 is 14.3 Å². The van der Waals surface area contributed by atoms with E-state index in [1.165, 1.54) is 23.1 Å². The molecular formula is C14H18N2O3S2. The Balaban J connectivity index is 2.13. The Kier molecular flexibility index (Phi) is 5.44. The highest BCUT2D eigenvalue weighted by Crippen LogP contribution is 2.28. The van der Waals surface area contributed by atoms with Gasteiger partial charge >= 0.3 is 0 Å². The van der Waals surface area contributed by atoms with E-state index in [2.05, 4.69) is 10.3 Å². The summed E-state index contributed by atoms with van der Waals surface area (Å²) >= 11 is 2.95. The summed E-state index contributed by atoms with van der Waals surface area (Å²) in [7, 11) is 0. The number of nitrogens with zero attached hydrogens (tertiary/aromatic N) is 1. The minimum atomic E-state index is -0.221. The third-order valence-electron chi connectivity index (χ3n) is 3.14. The fraction of sp³-hybridized carbons (Fsp3) is 0.429. The zero-order valence-electron chi connectivity index (χ0n) is 12.1. The topological polar surface area (TPSA) is 75.4 Å². The van der Waals surface area contributed by atoms with Crippen molar-refractivity contribution in [2.24, 2.45) is 0 Å². The number of aryl methyl sites for hydroxylation is 1. The molecule has 1 amide bonds. The summed E-state index contributed by atoms with van der Waals surface area (Å²) in [5.74, 6) is 0.439. The van der Waals surface area contributed by atoms with Crippen molar-refractivity contribution in [2.75, 3.05) is 12.9 Å². The molecule has 0 aromatic carbocycles. The van der Waals surface area contributed by atoms with Gasteiger partial charge in [0, 0.05) is 16.2 Å². The molecule has 0 spiro atoms. The standard InChI is InChI=1S/C14H18N2O3S2/c1-8(11(7-17)20-3)15-13(18)12-9(2)21-14(16-12)10-5-4-6-19-10/h4-6,8,11,17H,7H2,1-3H3,(H,15,18). The molecule has 7 heteroatoms. The summed E-state index contributed by atoms with van der Waals surface area (Å²) in [4.78, 5) is 17.5. The Hall–Kier alpha value is -1.31. The van der Waals surface area contributed by atoms with Gasteiger partial charge in [0.15, 0.2) is 10.8 Å². The van der Waals surface area contributed by atoms with Gasteiger partial charge in [0.25, 0.3) is 5.91 Å². The minimum Gasteiger partial charge on any atom is -0.462 e. The predicted octanol–water partition coefficient (Wildman–Crippen LogP) is 2.55. The van der Waals surface area contributed by atoms with Crippen LogP contribution in [0, 0.1) is 6.92 Å². The quantitative estimate of drug-likeness (QED) is 0.853. The number of aliphatic hydroxyl groups is 1. The Morgan fingerprint density at radius 1 is 1.62 bits per heavy atom. The number of amides is 1. The van der Waals surface area contributed by atoms with Crippen LogP contribution in [0.1, 0.15) is 22.3 Å². The molecule has 2 rings (SSSR count). The Morgan fingerprint density at radius 3 is 2.95 bits per heavy atom. The second-order valence-electron chi connectivity index (χ2n) is 4.62. The fourth-order valence-corrected chi connectivity index (χ4v) is 3.42. The first-order valence-corrected chi connectivity index (χ1v) is 8.63. The van der Waals surface area contributed by atoms with Crippen LogP contribution in [0.25, 0.3) is 10.8 Å². The van der Waals surface area contributed by atoms with Gasteiger partial charge in [0.05, 0.1) is 12.9 Å². The third kappa shape index (κ3) is 3.66. The van der Waals surface area contributed by atoms with E-state index in [9.17, 15) is 9.90 Å². The first-order chi connectivity index (χ1) is 10.1. The number of rotatable bonds is 6. The number of aliphatic hydroxyl groups excluding tert-OH is 1. The Labute approximate surface area is 131 Å². The first-order valence-electron chi connectivity index (χ1n) is 6.52. The maximum absolute atomic E-state index is 12.3. The second-order valence-corrected chi connectivity index (χ2v) is 6.90. The Morgan fingerprint density at radius 2 is 2.38 bits per heavy atom. The highest BCUT2D eigenvalue weighted by Gasteiger charge is 2.22. The van der Waals surface area contributed by atoms with Gasteiger partial charge in [-0.05, 0) is 32.2 Å². The van der Waals surface area contributed by atoms with Crippen molar-refractivity contribution >= 4 is 29.0 Å². The van der Waals surface area contributed by atoms with Gasteiger partial charge in [-0.2, -0.15) is 11.8 Å². The van der Waals surface area contributed by atoms with Crippen molar-refractivity contribution in [1.29, 1.82) is 0 Å². The van der Waals surface area contributed by atoms with Crippen LogP contribution in [0.15, 0.2) is 22.8 Å². The lowest BCUT2D eigenvalue weighted by Gasteiger charge is -2.20. The maximum Gasteiger partial charge on any atom is 0.271 e. The Bertz CT molecular complexity index is 591. The molecule has 0 radical (unpaired) electrons. The van der Waals surface area contributed by atoms with Crippen LogP contribution >= 0.6 is 23.1 Å². The van der Waals surface area contributed by atoms with E-state index in [0.717, 1.165) is 4.88 Å². The number of furan rings is 1. The van der Waals surface area contributed by atoms with Crippen molar-refractivity contribution in [3.63, 3.8) is 0 Å². The SMILES string of the molecule is CSC(CO)C(C)NC(=O)c1nc(-c2ccco2)sc1C. The summed E-state index contributed by atoms with van der Waals surface area (Å²) in [6, 6.07) is 3.47. The molecule has 2 aromatic heterocycles. The van der Waals surface area contributed by atoms with Crippen LogP contribution in [-0.4, -0.2) is 40.2 Å². The molecule has 0 bridgehead atoms. The summed E-state index contributed by atoms with van der Waals surface area (Å²) in [6.45, 7) is 3.77. The lowest BCUT2D eigenvalue weighted by molar-refractivity contribution is 0.0931. The lowest BCUT2D eigenvalue weighted by atomic mass is 10.2. The normalized spacial score (nSPS) is 13.9. The van der Waals surface area contributed by atoms with Crippen molar-refractivity contribution in [3.8, 4) is 10.8 Å². The average molecular weight is 326 g/mol. The van der Waals surface area contributed by atoms with Gasteiger partial charge < -0.3 is 14.8 Å². The number of carbonyl (C=O) groups is 1.